The van der Waals surface area contributed by atoms with Crippen LogP contribution in [0, 0.1) is 0 Å². The van der Waals surface area contributed by atoms with Crippen molar-refractivity contribution in [3.8, 4) is 17.0 Å². The molecule has 0 spiro atoms. The van der Waals surface area contributed by atoms with Gasteiger partial charge >= 0.3 is 0 Å². The molecular formula is C20H18N4O. The highest BCUT2D eigenvalue weighted by molar-refractivity contribution is 5.79. The normalized spacial score (nSPS) is 14.5. The van der Waals surface area contributed by atoms with E-state index in [9.17, 15) is 0 Å². The SMILES string of the molecule is C/C=C1\CCc2c(-c3cncnc3)cc(OCc3ccccn3)nc21. The van der Waals surface area contributed by atoms with Gasteiger partial charge in [-0.05, 0) is 48.6 Å². The van der Waals surface area contributed by atoms with Crippen LogP contribution >= 0.6 is 0 Å². The van der Waals surface area contributed by atoms with Crippen LogP contribution in [0.5, 0.6) is 5.88 Å². The van der Waals surface area contributed by atoms with Crippen LogP contribution in [0.1, 0.15) is 30.3 Å². The van der Waals surface area contributed by atoms with Gasteiger partial charge in [-0.2, -0.15) is 0 Å². The van der Waals surface area contributed by atoms with Crippen molar-refractivity contribution in [3.05, 3.63) is 72.2 Å². The molecule has 0 N–H and O–H groups in total. The number of rotatable bonds is 4. The van der Waals surface area contributed by atoms with E-state index in [1.165, 1.54) is 11.1 Å². The number of nitrogens with zero attached hydrogens (tertiary/aromatic N) is 4. The van der Waals surface area contributed by atoms with E-state index in [0.29, 0.717) is 12.5 Å². The largest absolute Gasteiger partial charge is 0.471 e. The first kappa shape index (κ1) is 15.4. The number of aromatic nitrogens is 4. The Balaban J connectivity index is 1.73. The summed E-state index contributed by atoms with van der Waals surface area (Å²) in [4.78, 5) is 17.3. The molecule has 0 atom stereocenters. The highest BCUT2D eigenvalue weighted by Gasteiger charge is 2.23. The molecule has 0 saturated heterocycles. The lowest BCUT2D eigenvalue weighted by Gasteiger charge is -2.12. The summed E-state index contributed by atoms with van der Waals surface area (Å²) >= 11 is 0. The molecule has 5 heteroatoms. The lowest BCUT2D eigenvalue weighted by Crippen LogP contribution is -2.02. The van der Waals surface area contributed by atoms with Gasteiger partial charge in [-0.25, -0.2) is 15.0 Å². The fraction of sp³-hybridized carbons (Fsp3) is 0.200. The molecule has 0 bridgehead atoms. The Morgan fingerprint density at radius 2 is 2.04 bits per heavy atom. The minimum Gasteiger partial charge on any atom is -0.471 e. The summed E-state index contributed by atoms with van der Waals surface area (Å²) in [6.07, 6.45) is 11.1. The first-order valence-electron chi connectivity index (χ1n) is 8.32. The van der Waals surface area contributed by atoms with Crippen LogP contribution in [0.15, 0.2) is 55.3 Å². The molecule has 0 radical (unpaired) electrons. The highest BCUT2D eigenvalue weighted by Crippen LogP contribution is 2.39. The standard InChI is InChI=1S/C20H18N4O/c1-2-14-6-7-17-18(15-10-21-13-22-11-15)9-19(24-20(14)17)25-12-16-5-3-4-8-23-16/h2-5,8-11,13H,6-7,12H2,1H3/b14-2+. The minimum absolute atomic E-state index is 0.391. The molecule has 1 aliphatic rings. The first-order valence-corrected chi connectivity index (χ1v) is 8.32. The van der Waals surface area contributed by atoms with E-state index >= 15 is 0 Å². The maximum absolute atomic E-state index is 5.93. The van der Waals surface area contributed by atoms with Gasteiger partial charge in [-0.15, -0.1) is 0 Å². The van der Waals surface area contributed by atoms with E-state index < -0.39 is 0 Å². The van der Waals surface area contributed by atoms with Crippen molar-refractivity contribution in [1.82, 2.24) is 19.9 Å². The third-order valence-corrected chi connectivity index (χ3v) is 4.36. The Bertz CT molecular complexity index is 908. The van der Waals surface area contributed by atoms with Gasteiger partial charge in [0.2, 0.25) is 5.88 Å². The summed E-state index contributed by atoms with van der Waals surface area (Å²) < 4.78 is 5.93. The Kier molecular flexibility index (Phi) is 4.21. The summed E-state index contributed by atoms with van der Waals surface area (Å²) in [5, 5.41) is 0. The van der Waals surface area contributed by atoms with E-state index in [0.717, 1.165) is 35.4 Å². The zero-order chi connectivity index (χ0) is 17.1. The highest BCUT2D eigenvalue weighted by atomic mass is 16.5. The quantitative estimate of drug-likeness (QED) is 0.727. The van der Waals surface area contributed by atoms with Crippen molar-refractivity contribution in [1.29, 1.82) is 0 Å². The second-order valence-corrected chi connectivity index (χ2v) is 5.89. The first-order chi connectivity index (χ1) is 12.3. The number of ether oxygens (including phenoxy) is 1. The van der Waals surface area contributed by atoms with Gasteiger partial charge in [0.1, 0.15) is 12.9 Å². The smallest absolute Gasteiger partial charge is 0.214 e. The summed E-state index contributed by atoms with van der Waals surface area (Å²) in [7, 11) is 0. The third-order valence-electron chi connectivity index (χ3n) is 4.36. The van der Waals surface area contributed by atoms with Gasteiger partial charge in [0.05, 0.1) is 11.4 Å². The van der Waals surface area contributed by atoms with Crippen LogP contribution in [-0.2, 0) is 13.0 Å². The predicted molar refractivity (Wildman–Crippen MR) is 95.8 cm³/mol. The molecule has 1 aliphatic carbocycles. The summed E-state index contributed by atoms with van der Waals surface area (Å²) in [5.41, 5.74) is 6.49. The molecular weight excluding hydrogens is 312 g/mol. The van der Waals surface area contributed by atoms with Crippen LogP contribution in [0.25, 0.3) is 16.7 Å². The van der Waals surface area contributed by atoms with Gasteiger partial charge in [-0.3, -0.25) is 4.98 Å². The zero-order valence-electron chi connectivity index (χ0n) is 14.0. The molecule has 25 heavy (non-hydrogen) atoms. The van der Waals surface area contributed by atoms with Crippen LogP contribution in [-0.4, -0.2) is 19.9 Å². The maximum atomic E-state index is 5.93. The van der Waals surface area contributed by atoms with Crippen molar-refractivity contribution >= 4 is 5.57 Å². The maximum Gasteiger partial charge on any atom is 0.214 e. The Morgan fingerprint density at radius 3 is 2.80 bits per heavy atom. The van der Waals surface area contributed by atoms with Gasteiger partial charge in [0.15, 0.2) is 0 Å². The van der Waals surface area contributed by atoms with E-state index in [1.807, 2.05) is 36.7 Å². The zero-order valence-corrected chi connectivity index (χ0v) is 14.0. The fourth-order valence-electron chi connectivity index (χ4n) is 3.13. The monoisotopic (exact) mass is 330 g/mol. The molecule has 0 aliphatic heterocycles. The lowest BCUT2D eigenvalue weighted by atomic mass is 10.0. The Hall–Kier alpha value is -3.08. The van der Waals surface area contributed by atoms with Crippen LogP contribution in [0.2, 0.25) is 0 Å². The van der Waals surface area contributed by atoms with Crippen molar-refractivity contribution in [2.24, 2.45) is 0 Å². The van der Waals surface area contributed by atoms with E-state index in [-0.39, 0.29) is 0 Å². The molecule has 124 valence electrons. The van der Waals surface area contributed by atoms with Crippen molar-refractivity contribution in [2.75, 3.05) is 0 Å². The molecule has 5 nitrogen and oxygen atoms in total. The van der Waals surface area contributed by atoms with Crippen LogP contribution in [0.4, 0.5) is 0 Å². The van der Waals surface area contributed by atoms with Gasteiger partial charge in [0, 0.05) is 30.2 Å². The van der Waals surface area contributed by atoms with E-state index in [2.05, 4.69) is 28.0 Å². The molecule has 0 aromatic carbocycles. The Labute approximate surface area is 146 Å². The van der Waals surface area contributed by atoms with Crippen LogP contribution < -0.4 is 4.74 Å². The number of hydrogen-bond acceptors (Lipinski definition) is 5. The summed E-state index contributed by atoms with van der Waals surface area (Å²) in [6, 6.07) is 7.77. The Morgan fingerprint density at radius 1 is 1.16 bits per heavy atom. The molecule has 0 amide bonds. The van der Waals surface area contributed by atoms with E-state index in [4.69, 9.17) is 9.72 Å². The topological polar surface area (TPSA) is 60.8 Å². The minimum atomic E-state index is 0.391. The van der Waals surface area contributed by atoms with Crippen molar-refractivity contribution in [3.63, 3.8) is 0 Å². The number of hydrogen-bond donors (Lipinski definition) is 0. The molecule has 3 aromatic heterocycles. The molecule has 3 heterocycles. The van der Waals surface area contributed by atoms with E-state index in [1.54, 1.807) is 12.5 Å². The van der Waals surface area contributed by atoms with Gasteiger partial charge in [-0.1, -0.05) is 12.1 Å². The van der Waals surface area contributed by atoms with Crippen molar-refractivity contribution in [2.45, 2.75) is 26.4 Å². The number of allylic oxidation sites excluding steroid dienone is 2. The molecule has 0 fully saturated rings. The van der Waals surface area contributed by atoms with Crippen molar-refractivity contribution < 1.29 is 4.74 Å². The summed E-state index contributed by atoms with van der Waals surface area (Å²) in [5.74, 6) is 0.601. The number of fused-ring (bicyclic) bond motifs is 1. The average Bonchev–Trinajstić information content (AvgIpc) is 3.10. The number of pyridine rings is 2. The second kappa shape index (κ2) is 6.81. The molecule has 4 rings (SSSR count). The lowest BCUT2D eigenvalue weighted by molar-refractivity contribution is 0.289. The third kappa shape index (κ3) is 3.13. The van der Waals surface area contributed by atoms with Gasteiger partial charge < -0.3 is 4.74 Å². The fourth-order valence-corrected chi connectivity index (χ4v) is 3.13. The summed E-state index contributed by atoms with van der Waals surface area (Å²) in [6.45, 7) is 2.45. The van der Waals surface area contributed by atoms with Gasteiger partial charge in [0.25, 0.3) is 0 Å². The molecule has 3 aromatic rings. The molecule has 0 unspecified atom stereocenters. The molecule has 0 saturated carbocycles. The second-order valence-electron chi connectivity index (χ2n) is 5.89. The predicted octanol–water partition coefficient (Wildman–Crippen LogP) is 3.86. The average molecular weight is 330 g/mol. The van der Waals surface area contributed by atoms with Crippen LogP contribution in [0.3, 0.4) is 0 Å².